The summed E-state index contributed by atoms with van der Waals surface area (Å²) in [7, 11) is 0. The molecule has 1 N–H and O–H groups in total. The highest BCUT2D eigenvalue weighted by atomic mass is 16.1. The van der Waals surface area contributed by atoms with Crippen molar-refractivity contribution in [3.8, 4) is 0 Å². The Labute approximate surface area is 103 Å². The number of carbonyl (C=O) groups is 1. The number of hydrogen-bond donors (Lipinski definition) is 1. The summed E-state index contributed by atoms with van der Waals surface area (Å²) in [6.07, 6.45) is 5.34. The van der Waals surface area contributed by atoms with Gasteiger partial charge in [0.1, 0.15) is 6.29 Å². The molecule has 92 valence electrons. The zero-order valence-corrected chi connectivity index (χ0v) is 10.3. The second-order valence-electron chi connectivity index (χ2n) is 3.32. The quantitative estimate of drug-likeness (QED) is 0.241. The topological polar surface area (TPSA) is 53.8 Å². The molecule has 0 radical (unpaired) electrons. The Balaban J connectivity index is 4.56. The van der Waals surface area contributed by atoms with Crippen molar-refractivity contribution >= 4 is 18.0 Å². The molecule has 0 aromatic heterocycles. The second-order valence-corrected chi connectivity index (χ2v) is 3.32. The van der Waals surface area contributed by atoms with Crippen LogP contribution < -0.4 is 5.32 Å². The molecule has 0 bridgehead atoms. The van der Waals surface area contributed by atoms with Crippen molar-refractivity contribution in [1.82, 2.24) is 5.32 Å². The molecular weight excluding hydrogens is 214 g/mol. The number of guanidine groups is 1. The number of carbonyl (C=O) groups excluding carboxylic acids is 1. The maximum atomic E-state index is 10.2. The van der Waals surface area contributed by atoms with E-state index in [0.717, 1.165) is 18.4 Å². The summed E-state index contributed by atoms with van der Waals surface area (Å²) in [4.78, 5) is 18.5. The Kier molecular flexibility index (Phi) is 8.20. The minimum Gasteiger partial charge on any atom is -0.354 e. The molecule has 4 heteroatoms. The van der Waals surface area contributed by atoms with Crippen molar-refractivity contribution in [2.24, 2.45) is 9.98 Å². The van der Waals surface area contributed by atoms with Crippen LogP contribution in [-0.2, 0) is 4.79 Å². The van der Waals surface area contributed by atoms with Crippen LogP contribution in [0.2, 0.25) is 0 Å². The molecule has 0 aliphatic carbocycles. The lowest BCUT2D eigenvalue weighted by Gasteiger charge is -2.05. The molecule has 0 saturated carbocycles. The monoisotopic (exact) mass is 233 g/mol. The minimum atomic E-state index is 0.457. The van der Waals surface area contributed by atoms with Crippen LogP contribution in [0.5, 0.6) is 0 Å². The molecule has 0 fully saturated rings. The Morgan fingerprint density at radius 3 is 2.53 bits per heavy atom. The molecule has 0 aliphatic heterocycles. The summed E-state index contributed by atoms with van der Waals surface area (Å²) in [6, 6.07) is 0. The first-order valence-corrected chi connectivity index (χ1v) is 5.39. The molecule has 0 rings (SSSR count). The van der Waals surface area contributed by atoms with Gasteiger partial charge in [0.15, 0.2) is 0 Å². The van der Waals surface area contributed by atoms with Crippen LogP contribution in [0, 0.1) is 0 Å². The fourth-order valence-corrected chi connectivity index (χ4v) is 0.884. The summed E-state index contributed by atoms with van der Waals surface area (Å²) in [5.74, 6) is 0.457. The Morgan fingerprint density at radius 2 is 2.00 bits per heavy atom. The zero-order valence-electron chi connectivity index (χ0n) is 10.3. The van der Waals surface area contributed by atoms with E-state index in [9.17, 15) is 4.79 Å². The number of allylic oxidation sites excluding steroid dienone is 2. The first-order valence-electron chi connectivity index (χ1n) is 5.39. The third kappa shape index (κ3) is 7.90. The number of nitrogens with one attached hydrogen (secondary N) is 1. The fourth-order valence-electron chi connectivity index (χ4n) is 0.884. The van der Waals surface area contributed by atoms with Gasteiger partial charge >= 0.3 is 0 Å². The van der Waals surface area contributed by atoms with Gasteiger partial charge < -0.3 is 10.1 Å². The molecule has 4 nitrogen and oxygen atoms in total. The van der Waals surface area contributed by atoms with Crippen LogP contribution in [0.25, 0.3) is 0 Å². The Hall–Kier alpha value is -1.97. The van der Waals surface area contributed by atoms with Crippen molar-refractivity contribution in [2.45, 2.75) is 19.8 Å². The van der Waals surface area contributed by atoms with E-state index in [0.29, 0.717) is 24.6 Å². The Morgan fingerprint density at radius 1 is 1.29 bits per heavy atom. The number of aliphatic imine (C=N–C) groups is 2. The molecule has 0 spiro atoms. The maximum Gasteiger partial charge on any atom is 0.223 e. The summed E-state index contributed by atoms with van der Waals surface area (Å²) >= 11 is 0. The van der Waals surface area contributed by atoms with Gasteiger partial charge in [-0.15, -0.1) is 0 Å². The third-order valence-electron chi connectivity index (χ3n) is 1.84. The molecule has 0 unspecified atom stereocenters. The standard InChI is InChI=1S/C13H19N3O/c1-5-11(3)15-13(16-12(4)6-2)14-9-7-8-10-17/h5-6,10H,1-3,7-9H2,4H3,(H,14,15)/b16-12+. The second kappa shape index (κ2) is 9.27. The fraction of sp³-hybridized carbons (Fsp3) is 0.308. The number of hydrogen-bond acceptors (Lipinski definition) is 2. The lowest BCUT2D eigenvalue weighted by molar-refractivity contribution is -0.107. The first-order chi connectivity index (χ1) is 8.13. The van der Waals surface area contributed by atoms with E-state index in [2.05, 4.69) is 35.0 Å². The number of aldehydes is 1. The average Bonchev–Trinajstić information content (AvgIpc) is 2.33. The summed E-state index contributed by atoms with van der Waals surface area (Å²) in [6.45, 7) is 13.3. The van der Waals surface area contributed by atoms with Crippen LogP contribution >= 0.6 is 0 Å². The highest BCUT2D eigenvalue weighted by Crippen LogP contribution is 1.95. The smallest absolute Gasteiger partial charge is 0.223 e. The summed E-state index contributed by atoms with van der Waals surface area (Å²) in [5.41, 5.74) is 1.28. The van der Waals surface area contributed by atoms with Crippen molar-refractivity contribution in [2.75, 3.05) is 6.54 Å². The molecule has 0 saturated heterocycles. The van der Waals surface area contributed by atoms with Crippen molar-refractivity contribution in [3.05, 3.63) is 37.6 Å². The van der Waals surface area contributed by atoms with E-state index in [1.807, 2.05) is 6.92 Å². The lowest BCUT2D eigenvalue weighted by atomic mass is 10.3. The largest absolute Gasteiger partial charge is 0.354 e. The number of unbranched alkanes of at least 4 members (excludes halogenated alkanes) is 1. The van der Waals surface area contributed by atoms with Crippen LogP contribution in [0.3, 0.4) is 0 Å². The Bertz CT molecular complexity index is 354. The normalized spacial score (nSPS) is 11.8. The van der Waals surface area contributed by atoms with Crippen molar-refractivity contribution in [1.29, 1.82) is 0 Å². The van der Waals surface area contributed by atoms with Crippen LogP contribution in [-0.4, -0.2) is 24.5 Å². The lowest BCUT2D eigenvalue weighted by Crippen LogP contribution is -2.23. The van der Waals surface area contributed by atoms with Crippen molar-refractivity contribution in [3.63, 3.8) is 0 Å². The number of rotatable bonds is 7. The van der Waals surface area contributed by atoms with Gasteiger partial charge in [-0.1, -0.05) is 19.7 Å². The first kappa shape index (κ1) is 15.0. The van der Waals surface area contributed by atoms with E-state index < -0.39 is 0 Å². The highest BCUT2D eigenvalue weighted by Gasteiger charge is 1.97. The molecule has 0 aliphatic rings. The van der Waals surface area contributed by atoms with E-state index in [4.69, 9.17) is 0 Å². The van der Waals surface area contributed by atoms with Crippen LogP contribution in [0.1, 0.15) is 19.8 Å². The van der Waals surface area contributed by atoms with Gasteiger partial charge in [-0.3, -0.25) is 0 Å². The predicted octanol–water partition coefficient (Wildman–Crippen LogP) is 2.26. The molecular formula is C13H19N3O. The van der Waals surface area contributed by atoms with Gasteiger partial charge in [0.05, 0.1) is 5.70 Å². The predicted molar refractivity (Wildman–Crippen MR) is 73.4 cm³/mol. The highest BCUT2D eigenvalue weighted by molar-refractivity contribution is 6.01. The van der Waals surface area contributed by atoms with Crippen molar-refractivity contribution < 1.29 is 4.79 Å². The maximum absolute atomic E-state index is 10.2. The van der Waals surface area contributed by atoms with E-state index >= 15 is 0 Å². The summed E-state index contributed by atoms with van der Waals surface area (Å²) in [5, 5.41) is 3.03. The number of nitrogens with zero attached hydrogens (tertiary/aromatic N) is 2. The van der Waals surface area contributed by atoms with Crippen LogP contribution in [0.15, 0.2) is 47.6 Å². The minimum absolute atomic E-state index is 0.457. The molecule has 0 heterocycles. The van der Waals surface area contributed by atoms with Gasteiger partial charge in [0.2, 0.25) is 5.96 Å². The summed E-state index contributed by atoms with van der Waals surface area (Å²) < 4.78 is 0. The van der Waals surface area contributed by atoms with Gasteiger partial charge in [0, 0.05) is 18.7 Å². The third-order valence-corrected chi connectivity index (χ3v) is 1.84. The molecule has 0 atom stereocenters. The molecule has 0 aromatic carbocycles. The van der Waals surface area contributed by atoms with E-state index in [1.165, 1.54) is 0 Å². The van der Waals surface area contributed by atoms with E-state index in [-0.39, 0.29) is 0 Å². The zero-order chi connectivity index (χ0) is 13.1. The van der Waals surface area contributed by atoms with Crippen LogP contribution in [0.4, 0.5) is 0 Å². The average molecular weight is 233 g/mol. The van der Waals surface area contributed by atoms with Gasteiger partial charge in [0.25, 0.3) is 0 Å². The van der Waals surface area contributed by atoms with Gasteiger partial charge in [-0.2, -0.15) is 0 Å². The molecule has 0 amide bonds. The molecule has 0 aromatic rings. The van der Waals surface area contributed by atoms with E-state index in [1.54, 1.807) is 12.2 Å². The van der Waals surface area contributed by atoms with Gasteiger partial charge in [-0.05, 0) is 25.5 Å². The molecule has 17 heavy (non-hydrogen) atoms. The SMILES string of the molecule is C=CC(=C)/N=C(\N=C(/C)C=C)NCCCC=O. The van der Waals surface area contributed by atoms with Gasteiger partial charge in [-0.25, -0.2) is 9.98 Å².